The minimum atomic E-state index is -0.176. The van der Waals surface area contributed by atoms with E-state index >= 15 is 0 Å². The van der Waals surface area contributed by atoms with Gasteiger partial charge in [0.05, 0.1) is 0 Å². The van der Waals surface area contributed by atoms with Gasteiger partial charge in [-0.25, -0.2) is 0 Å². The topological polar surface area (TPSA) is 72.7 Å². The molecule has 0 bridgehead atoms. The number of hydrogen-bond donors (Lipinski definition) is 4. The molecule has 60 valence electrons. The second-order valence-electron chi connectivity index (χ2n) is 2.11. The molecule has 4 N–H and O–H groups in total. The predicted octanol–water partition coefficient (Wildman–Crippen LogP) is 0.845. The van der Waals surface area contributed by atoms with Gasteiger partial charge in [0, 0.05) is 19.2 Å². The SMILES string of the molecule is CNc1c(O)cc(O)cc1O. The Balaban J connectivity index is 3.25. The molecule has 1 rings (SSSR count). The van der Waals surface area contributed by atoms with Gasteiger partial charge in [-0.1, -0.05) is 0 Å². The van der Waals surface area contributed by atoms with Crippen LogP contribution in [0.3, 0.4) is 0 Å². The fourth-order valence-electron chi connectivity index (χ4n) is 0.854. The first-order chi connectivity index (χ1) is 5.15. The van der Waals surface area contributed by atoms with Gasteiger partial charge in [-0.2, -0.15) is 0 Å². The summed E-state index contributed by atoms with van der Waals surface area (Å²) in [6, 6.07) is 2.29. The highest BCUT2D eigenvalue weighted by Crippen LogP contribution is 2.36. The molecule has 0 fully saturated rings. The van der Waals surface area contributed by atoms with E-state index in [-0.39, 0.29) is 22.9 Å². The zero-order chi connectivity index (χ0) is 8.43. The van der Waals surface area contributed by atoms with Crippen LogP contribution in [0.25, 0.3) is 0 Å². The van der Waals surface area contributed by atoms with Crippen LogP contribution in [0.15, 0.2) is 12.1 Å². The third kappa shape index (κ3) is 1.29. The Labute approximate surface area is 63.7 Å². The van der Waals surface area contributed by atoms with Gasteiger partial charge in [0.1, 0.15) is 22.9 Å². The van der Waals surface area contributed by atoms with Crippen molar-refractivity contribution in [3.63, 3.8) is 0 Å². The summed E-state index contributed by atoms with van der Waals surface area (Å²) in [6.45, 7) is 0. The van der Waals surface area contributed by atoms with Crippen LogP contribution in [0.5, 0.6) is 17.2 Å². The minimum absolute atomic E-state index is 0.168. The van der Waals surface area contributed by atoms with Crippen LogP contribution in [0.4, 0.5) is 5.69 Å². The quantitative estimate of drug-likeness (QED) is 0.358. The number of phenolic OH excluding ortho intramolecular Hbond substituents is 3. The van der Waals surface area contributed by atoms with E-state index in [9.17, 15) is 0 Å². The highest BCUT2D eigenvalue weighted by Gasteiger charge is 2.06. The van der Waals surface area contributed by atoms with Gasteiger partial charge >= 0.3 is 0 Å². The maximum atomic E-state index is 9.09. The summed E-state index contributed by atoms with van der Waals surface area (Å²) in [5.41, 5.74) is 0.211. The van der Waals surface area contributed by atoms with Crippen molar-refractivity contribution in [2.24, 2.45) is 0 Å². The third-order valence-corrected chi connectivity index (χ3v) is 1.33. The van der Waals surface area contributed by atoms with Crippen LogP contribution in [0.1, 0.15) is 0 Å². The molecule has 0 radical (unpaired) electrons. The van der Waals surface area contributed by atoms with Crippen molar-refractivity contribution >= 4 is 5.69 Å². The molecule has 0 saturated heterocycles. The molecular weight excluding hydrogens is 146 g/mol. The maximum absolute atomic E-state index is 9.09. The molecule has 1 aromatic carbocycles. The van der Waals surface area contributed by atoms with E-state index in [1.807, 2.05) is 0 Å². The first kappa shape index (κ1) is 7.53. The van der Waals surface area contributed by atoms with Crippen LogP contribution < -0.4 is 5.32 Å². The fourth-order valence-corrected chi connectivity index (χ4v) is 0.854. The Hall–Kier alpha value is -1.58. The van der Waals surface area contributed by atoms with Gasteiger partial charge in [-0.3, -0.25) is 0 Å². The highest BCUT2D eigenvalue weighted by molar-refractivity contribution is 5.66. The summed E-state index contributed by atoms with van der Waals surface area (Å²) in [5.74, 6) is -0.519. The van der Waals surface area contributed by atoms with Crippen molar-refractivity contribution in [2.45, 2.75) is 0 Å². The van der Waals surface area contributed by atoms with E-state index in [2.05, 4.69) is 5.32 Å². The second-order valence-corrected chi connectivity index (χ2v) is 2.11. The first-order valence-electron chi connectivity index (χ1n) is 3.08. The lowest BCUT2D eigenvalue weighted by Gasteiger charge is -2.05. The van der Waals surface area contributed by atoms with Crippen molar-refractivity contribution in [3.05, 3.63) is 12.1 Å². The molecule has 1 aromatic rings. The lowest BCUT2D eigenvalue weighted by atomic mass is 10.2. The molecule has 0 unspecified atom stereocenters. The number of hydrogen-bond acceptors (Lipinski definition) is 4. The molecule has 11 heavy (non-hydrogen) atoms. The van der Waals surface area contributed by atoms with Crippen molar-refractivity contribution in [1.29, 1.82) is 0 Å². The number of aromatic hydroxyl groups is 3. The van der Waals surface area contributed by atoms with E-state index in [0.29, 0.717) is 0 Å². The van der Waals surface area contributed by atoms with Crippen LogP contribution in [0, 0.1) is 0 Å². The number of anilines is 1. The molecule has 4 heteroatoms. The van der Waals surface area contributed by atoms with E-state index < -0.39 is 0 Å². The molecule has 0 saturated carbocycles. The van der Waals surface area contributed by atoms with Crippen molar-refractivity contribution in [1.82, 2.24) is 0 Å². The third-order valence-electron chi connectivity index (χ3n) is 1.33. The largest absolute Gasteiger partial charge is 0.508 e. The Kier molecular flexibility index (Phi) is 1.76. The molecule has 0 aromatic heterocycles. The average Bonchev–Trinajstić information content (AvgIpc) is 1.85. The molecular formula is C7H9NO3. The standard InChI is InChI=1S/C7H9NO3/c1-8-7-5(10)2-4(9)3-6(7)11/h2-3,8-11H,1H3. The summed E-state index contributed by atoms with van der Waals surface area (Å²) in [5, 5.41) is 29.6. The Bertz CT molecular complexity index is 249. The summed E-state index contributed by atoms with van der Waals surface area (Å²) < 4.78 is 0. The zero-order valence-corrected chi connectivity index (χ0v) is 6.00. The molecule has 0 aliphatic heterocycles. The average molecular weight is 155 g/mol. The van der Waals surface area contributed by atoms with E-state index in [1.54, 1.807) is 7.05 Å². The maximum Gasteiger partial charge on any atom is 0.146 e. The fraction of sp³-hybridized carbons (Fsp3) is 0.143. The monoisotopic (exact) mass is 155 g/mol. The second kappa shape index (κ2) is 2.57. The van der Waals surface area contributed by atoms with Crippen molar-refractivity contribution < 1.29 is 15.3 Å². The van der Waals surface area contributed by atoms with Gasteiger partial charge < -0.3 is 20.6 Å². The van der Waals surface area contributed by atoms with Crippen molar-refractivity contribution in [2.75, 3.05) is 12.4 Å². The normalized spacial score (nSPS) is 9.55. The highest BCUT2D eigenvalue weighted by atomic mass is 16.3. The lowest BCUT2D eigenvalue weighted by Crippen LogP contribution is -1.88. The molecule has 0 spiro atoms. The van der Waals surface area contributed by atoms with Crippen LogP contribution in [0.2, 0.25) is 0 Å². The molecule has 4 nitrogen and oxygen atoms in total. The molecule has 0 aliphatic carbocycles. The number of nitrogens with one attached hydrogen (secondary N) is 1. The van der Waals surface area contributed by atoms with E-state index in [0.717, 1.165) is 12.1 Å². The minimum Gasteiger partial charge on any atom is -0.508 e. The van der Waals surface area contributed by atoms with Gasteiger partial charge in [0.2, 0.25) is 0 Å². The number of benzene rings is 1. The Morgan fingerprint density at radius 2 is 1.55 bits per heavy atom. The summed E-state index contributed by atoms with van der Waals surface area (Å²) in [4.78, 5) is 0. The number of phenols is 3. The van der Waals surface area contributed by atoms with Crippen LogP contribution >= 0.6 is 0 Å². The van der Waals surface area contributed by atoms with Crippen LogP contribution in [-0.4, -0.2) is 22.4 Å². The van der Waals surface area contributed by atoms with Gasteiger partial charge in [0.15, 0.2) is 0 Å². The summed E-state index contributed by atoms with van der Waals surface area (Å²) >= 11 is 0. The van der Waals surface area contributed by atoms with Crippen LogP contribution in [-0.2, 0) is 0 Å². The van der Waals surface area contributed by atoms with Gasteiger partial charge in [-0.15, -0.1) is 0 Å². The molecule has 0 amide bonds. The van der Waals surface area contributed by atoms with Gasteiger partial charge in [0.25, 0.3) is 0 Å². The zero-order valence-electron chi connectivity index (χ0n) is 6.00. The van der Waals surface area contributed by atoms with E-state index in [4.69, 9.17) is 15.3 Å². The summed E-state index contributed by atoms with van der Waals surface area (Å²) in [7, 11) is 1.56. The van der Waals surface area contributed by atoms with E-state index in [1.165, 1.54) is 0 Å². The summed E-state index contributed by atoms with van der Waals surface area (Å²) in [6.07, 6.45) is 0. The van der Waals surface area contributed by atoms with Gasteiger partial charge in [-0.05, 0) is 0 Å². The first-order valence-corrected chi connectivity index (χ1v) is 3.08. The molecule has 0 aliphatic rings. The lowest BCUT2D eigenvalue weighted by molar-refractivity contribution is 0.431. The smallest absolute Gasteiger partial charge is 0.146 e. The molecule has 0 atom stereocenters. The van der Waals surface area contributed by atoms with Crippen molar-refractivity contribution in [3.8, 4) is 17.2 Å². The molecule has 0 heterocycles. The Morgan fingerprint density at radius 1 is 1.09 bits per heavy atom. The Morgan fingerprint density at radius 3 is 1.91 bits per heavy atom. The predicted molar refractivity (Wildman–Crippen MR) is 41.0 cm³/mol. The number of rotatable bonds is 1.